The molecule has 0 aliphatic carbocycles. The lowest BCUT2D eigenvalue weighted by Crippen LogP contribution is -2.15. The fourth-order valence-corrected chi connectivity index (χ4v) is 4.88. The Morgan fingerprint density at radius 1 is 1.18 bits per heavy atom. The van der Waals surface area contributed by atoms with Gasteiger partial charge in [0.1, 0.15) is 7.26 Å². The topological polar surface area (TPSA) is 23.8 Å². The second kappa shape index (κ2) is 4.07. The molecule has 0 atom stereocenters. The number of rotatable bonds is 3. The summed E-state index contributed by atoms with van der Waals surface area (Å²) in [7, 11) is -1.30. The smallest absolute Gasteiger partial charge is 0.152 e. The third-order valence-corrected chi connectivity index (χ3v) is 7.66. The first-order chi connectivity index (χ1) is 5.01. The molecule has 0 saturated carbocycles. The zero-order valence-corrected chi connectivity index (χ0v) is 9.15. The Morgan fingerprint density at radius 2 is 1.55 bits per heavy atom. The number of nitrogens with zero attached hydrogens (tertiary/aromatic N) is 1. The first kappa shape index (κ1) is 10.9. The largest absolute Gasteiger partial charge is 0.238 e. The van der Waals surface area contributed by atoms with Crippen molar-refractivity contribution in [3.8, 4) is 5.81 Å². The molecule has 0 aromatic rings. The van der Waals surface area contributed by atoms with Gasteiger partial charge in [-0.1, -0.05) is 0 Å². The Balaban J connectivity index is 4.65. The standard InChI is InChI=1S/C9H19NP/c1-6-11(7-10,8(2)3)9(4)5/h8-9H,6H2,1-5H3/q+1. The van der Waals surface area contributed by atoms with Gasteiger partial charge in [0, 0.05) is 0 Å². The number of nitriles is 1. The summed E-state index contributed by atoms with van der Waals surface area (Å²) >= 11 is 0. The lowest BCUT2D eigenvalue weighted by Gasteiger charge is -2.24. The molecule has 64 valence electrons. The molecule has 0 saturated heterocycles. The first-order valence-electron chi connectivity index (χ1n) is 4.30. The Labute approximate surface area is 71.1 Å². The Hall–Kier alpha value is -0.0800. The van der Waals surface area contributed by atoms with Gasteiger partial charge < -0.3 is 0 Å². The van der Waals surface area contributed by atoms with E-state index in [1.54, 1.807) is 0 Å². The molecule has 1 nitrogen and oxygen atoms in total. The van der Waals surface area contributed by atoms with Crippen LogP contribution in [0.15, 0.2) is 0 Å². The Kier molecular flexibility index (Phi) is 4.04. The molecule has 0 spiro atoms. The molecule has 0 aliphatic heterocycles. The maximum Gasteiger partial charge on any atom is 0.238 e. The van der Waals surface area contributed by atoms with Gasteiger partial charge in [0.05, 0.1) is 17.5 Å². The summed E-state index contributed by atoms with van der Waals surface area (Å²) in [5, 5.41) is 9.12. The number of hydrogen-bond donors (Lipinski definition) is 0. The lowest BCUT2D eigenvalue weighted by atomic mass is 10.5. The third kappa shape index (κ3) is 1.94. The van der Waals surface area contributed by atoms with Gasteiger partial charge in [0.2, 0.25) is 5.81 Å². The Bertz CT molecular complexity index is 147. The molecule has 0 N–H and O–H groups in total. The summed E-state index contributed by atoms with van der Waals surface area (Å²) in [6, 6.07) is 0. The van der Waals surface area contributed by atoms with Gasteiger partial charge in [-0.2, -0.15) is 5.26 Å². The highest BCUT2D eigenvalue weighted by Gasteiger charge is 2.43. The highest BCUT2D eigenvalue weighted by Crippen LogP contribution is 2.65. The fourth-order valence-electron chi connectivity index (χ4n) is 1.63. The van der Waals surface area contributed by atoms with Gasteiger partial charge in [-0.3, -0.25) is 0 Å². The lowest BCUT2D eigenvalue weighted by molar-refractivity contribution is 0.984. The predicted molar refractivity (Wildman–Crippen MR) is 53.3 cm³/mol. The van der Waals surface area contributed by atoms with Crippen LogP contribution in [0.3, 0.4) is 0 Å². The van der Waals surface area contributed by atoms with Crippen molar-refractivity contribution in [3.05, 3.63) is 0 Å². The minimum absolute atomic E-state index is 0.567. The second-order valence-electron chi connectivity index (χ2n) is 3.53. The van der Waals surface area contributed by atoms with Crippen molar-refractivity contribution >= 4 is 7.26 Å². The third-order valence-electron chi connectivity index (χ3n) is 2.55. The van der Waals surface area contributed by atoms with Crippen molar-refractivity contribution in [2.24, 2.45) is 0 Å². The molecule has 0 aliphatic rings. The second-order valence-corrected chi connectivity index (χ2v) is 8.29. The summed E-state index contributed by atoms with van der Waals surface area (Å²) in [6.07, 6.45) is 1.07. The molecule has 0 bridgehead atoms. The maximum absolute atomic E-state index is 9.12. The molecule has 0 heterocycles. The zero-order chi connectivity index (χ0) is 9.07. The molecular weight excluding hydrogens is 153 g/mol. The molecule has 0 aromatic carbocycles. The van der Waals surface area contributed by atoms with Gasteiger partial charge in [-0.05, 0) is 34.6 Å². The van der Waals surface area contributed by atoms with Gasteiger partial charge in [0.25, 0.3) is 0 Å². The van der Waals surface area contributed by atoms with Crippen LogP contribution in [-0.2, 0) is 0 Å². The fraction of sp³-hybridized carbons (Fsp3) is 0.889. The Morgan fingerprint density at radius 3 is 1.55 bits per heavy atom. The average Bonchev–Trinajstić information content (AvgIpc) is 1.90. The van der Waals surface area contributed by atoms with E-state index in [1.165, 1.54) is 0 Å². The van der Waals surface area contributed by atoms with E-state index in [9.17, 15) is 0 Å². The SMILES string of the molecule is CC[P+](C#N)(C(C)C)C(C)C. The molecule has 0 radical (unpaired) electrons. The summed E-state index contributed by atoms with van der Waals surface area (Å²) in [4.78, 5) is 0. The molecule has 0 fully saturated rings. The van der Waals surface area contributed by atoms with Crippen LogP contribution in [0.2, 0.25) is 0 Å². The van der Waals surface area contributed by atoms with Crippen molar-refractivity contribution in [1.82, 2.24) is 0 Å². The van der Waals surface area contributed by atoms with Crippen LogP contribution < -0.4 is 0 Å². The van der Waals surface area contributed by atoms with Crippen LogP contribution >= 0.6 is 7.26 Å². The van der Waals surface area contributed by atoms with E-state index in [1.807, 2.05) is 0 Å². The quantitative estimate of drug-likeness (QED) is 0.599. The predicted octanol–water partition coefficient (Wildman–Crippen LogP) is 3.32. The van der Waals surface area contributed by atoms with E-state index < -0.39 is 7.26 Å². The zero-order valence-electron chi connectivity index (χ0n) is 8.26. The monoisotopic (exact) mass is 172 g/mol. The van der Waals surface area contributed by atoms with Crippen LogP contribution in [-0.4, -0.2) is 17.5 Å². The maximum atomic E-state index is 9.12. The highest BCUT2D eigenvalue weighted by molar-refractivity contribution is 7.81. The van der Waals surface area contributed by atoms with Crippen LogP contribution in [0, 0.1) is 11.1 Å². The van der Waals surface area contributed by atoms with Crippen molar-refractivity contribution in [2.75, 3.05) is 6.16 Å². The van der Waals surface area contributed by atoms with Gasteiger partial charge in [0.15, 0.2) is 0 Å². The van der Waals surface area contributed by atoms with Crippen LogP contribution in [0.4, 0.5) is 0 Å². The average molecular weight is 172 g/mol. The molecular formula is C9H19NP+. The summed E-state index contributed by atoms with van der Waals surface area (Å²) in [5.41, 5.74) is 1.13. The first-order valence-corrected chi connectivity index (χ1v) is 6.41. The molecule has 11 heavy (non-hydrogen) atoms. The summed E-state index contributed by atoms with van der Waals surface area (Å²) in [6.45, 7) is 10.9. The summed E-state index contributed by atoms with van der Waals surface area (Å²) < 4.78 is 0. The van der Waals surface area contributed by atoms with Crippen LogP contribution in [0.1, 0.15) is 34.6 Å². The van der Waals surface area contributed by atoms with Crippen molar-refractivity contribution < 1.29 is 0 Å². The van der Waals surface area contributed by atoms with E-state index in [0.717, 1.165) is 6.16 Å². The molecule has 0 unspecified atom stereocenters. The highest BCUT2D eigenvalue weighted by atomic mass is 31.2. The van der Waals surface area contributed by atoms with Gasteiger partial charge >= 0.3 is 0 Å². The normalized spacial score (nSPS) is 12.2. The molecule has 2 heteroatoms. The molecule has 0 aromatic heterocycles. The van der Waals surface area contributed by atoms with Crippen LogP contribution in [0.5, 0.6) is 0 Å². The van der Waals surface area contributed by atoms with Crippen LogP contribution in [0.25, 0.3) is 0 Å². The van der Waals surface area contributed by atoms with E-state index in [0.29, 0.717) is 11.3 Å². The summed E-state index contributed by atoms with van der Waals surface area (Å²) in [5.74, 6) is 2.58. The van der Waals surface area contributed by atoms with Crippen molar-refractivity contribution in [1.29, 1.82) is 5.26 Å². The number of hydrogen-bond acceptors (Lipinski definition) is 1. The van der Waals surface area contributed by atoms with E-state index in [4.69, 9.17) is 5.26 Å². The van der Waals surface area contributed by atoms with Crippen molar-refractivity contribution in [3.63, 3.8) is 0 Å². The van der Waals surface area contributed by atoms with Crippen molar-refractivity contribution in [2.45, 2.75) is 45.9 Å². The van der Waals surface area contributed by atoms with E-state index in [-0.39, 0.29) is 0 Å². The van der Waals surface area contributed by atoms with Gasteiger partial charge in [-0.25, -0.2) is 0 Å². The molecule has 0 amide bonds. The van der Waals surface area contributed by atoms with E-state index in [2.05, 4.69) is 40.4 Å². The van der Waals surface area contributed by atoms with E-state index >= 15 is 0 Å². The minimum atomic E-state index is -1.30. The van der Waals surface area contributed by atoms with Gasteiger partial charge in [-0.15, -0.1) is 0 Å². The molecule has 0 rings (SSSR count). The minimum Gasteiger partial charge on any atom is -0.152 e.